The molecule has 0 atom stereocenters. The number of benzene rings is 1. The highest BCUT2D eigenvalue weighted by atomic mass is 15.2. The van der Waals surface area contributed by atoms with Crippen molar-refractivity contribution < 1.29 is 0 Å². The van der Waals surface area contributed by atoms with E-state index in [1.54, 1.807) is 0 Å². The van der Waals surface area contributed by atoms with Gasteiger partial charge in [0.05, 0.1) is 5.52 Å². The molecule has 0 spiro atoms. The van der Waals surface area contributed by atoms with Crippen LogP contribution < -0.4 is 15.5 Å². The zero-order valence-corrected chi connectivity index (χ0v) is 18.2. The molecule has 2 N–H and O–H groups in total. The van der Waals surface area contributed by atoms with E-state index in [9.17, 15) is 0 Å². The van der Waals surface area contributed by atoms with Crippen LogP contribution in [-0.2, 0) is 6.54 Å². The third-order valence-electron chi connectivity index (χ3n) is 5.34. The van der Waals surface area contributed by atoms with E-state index in [4.69, 9.17) is 4.98 Å². The van der Waals surface area contributed by atoms with Crippen LogP contribution in [0.2, 0.25) is 0 Å². The number of aromatic nitrogens is 1. The zero-order valence-electron chi connectivity index (χ0n) is 18.2. The highest BCUT2D eigenvalue weighted by Gasteiger charge is 2.20. The summed E-state index contributed by atoms with van der Waals surface area (Å²) < 4.78 is 0. The topological polar surface area (TPSA) is 55.8 Å². The number of rotatable bonds is 6. The van der Waals surface area contributed by atoms with Crippen LogP contribution in [-0.4, -0.2) is 62.7 Å². The Labute approximate surface area is 174 Å². The maximum Gasteiger partial charge on any atom is 0.191 e. The van der Waals surface area contributed by atoms with Gasteiger partial charge in [-0.25, -0.2) is 4.98 Å². The lowest BCUT2D eigenvalue weighted by atomic mass is 10.0. The molecule has 0 saturated carbocycles. The number of fused-ring (bicyclic) bond motifs is 1. The molecule has 1 aromatic heterocycles. The number of nitrogens with zero attached hydrogens (tertiary/aromatic N) is 4. The highest BCUT2D eigenvalue weighted by Crippen LogP contribution is 2.22. The van der Waals surface area contributed by atoms with Crippen LogP contribution in [0, 0.1) is 0 Å². The summed E-state index contributed by atoms with van der Waals surface area (Å²) in [6.07, 6.45) is 2.24. The van der Waals surface area contributed by atoms with Gasteiger partial charge in [-0.05, 0) is 37.5 Å². The number of anilines is 1. The van der Waals surface area contributed by atoms with Gasteiger partial charge in [0.2, 0.25) is 0 Å². The van der Waals surface area contributed by atoms with Gasteiger partial charge in [-0.2, -0.15) is 0 Å². The first-order chi connectivity index (χ1) is 14.0. The second kappa shape index (κ2) is 9.74. The molecule has 0 aliphatic carbocycles. The lowest BCUT2D eigenvalue weighted by Crippen LogP contribution is -2.48. The molecule has 1 aliphatic rings. The van der Waals surface area contributed by atoms with Crippen LogP contribution in [0.3, 0.4) is 0 Å². The normalized spacial score (nSPS) is 16.1. The fraction of sp³-hybridized carbons (Fsp3) is 0.478. The molecular weight excluding hydrogens is 360 g/mol. The van der Waals surface area contributed by atoms with Gasteiger partial charge in [0.15, 0.2) is 5.96 Å². The number of likely N-dealkylation sites (tertiary alicyclic amines) is 1. The molecule has 0 unspecified atom stereocenters. The lowest BCUT2D eigenvalue weighted by Gasteiger charge is -2.33. The van der Waals surface area contributed by atoms with Crippen molar-refractivity contribution in [3.63, 3.8) is 0 Å². The standard InChI is InChI=1S/C23H34N6/c1-17(2)16-29-12-10-19(11-13-29)26-23(24-3)25-15-18-14-22(28(4)5)27-21-9-7-6-8-20(18)21/h6-9,14,19H,1,10-13,15-16H2,2-5H3,(H2,24,25,26). The predicted molar refractivity (Wildman–Crippen MR) is 124 cm³/mol. The monoisotopic (exact) mass is 394 g/mol. The Morgan fingerprint density at radius 3 is 2.66 bits per heavy atom. The van der Waals surface area contributed by atoms with E-state index < -0.39 is 0 Å². The van der Waals surface area contributed by atoms with E-state index in [0.29, 0.717) is 12.6 Å². The minimum absolute atomic E-state index is 0.453. The molecule has 1 saturated heterocycles. The van der Waals surface area contributed by atoms with Gasteiger partial charge >= 0.3 is 0 Å². The van der Waals surface area contributed by atoms with Gasteiger partial charge in [0.25, 0.3) is 0 Å². The van der Waals surface area contributed by atoms with Gasteiger partial charge in [-0.15, -0.1) is 0 Å². The molecule has 1 aromatic carbocycles. The van der Waals surface area contributed by atoms with Crippen LogP contribution in [0.1, 0.15) is 25.3 Å². The number of pyridine rings is 1. The van der Waals surface area contributed by atoms with Crippen molar-refractivity contribution in [3.8, 4) is 0 Å². The number of aliphatic imine (C=N–C) groups is 1. The molecule has 6 nitrogen and oxygen atoms in total. The molecule has 0 bridgehead atoms. The van der Waals surface area contributed by atoms with Crippen molar-refractivity contribution >= 4 is 22.7 Å². The second-order valence-corrected chi connectivity index (χ2v) is 8.13. The van der Waals surface area contributed by atoms with Crippen molar-refractivity contribution in [1.29, 1.82) is 0 Å². The van der Waals surface area contributed by atoms with Gasteiger partial charge < -0.3 is 15.5 Å². The molecule has 1 aliphatic heterocycles. The Kier molecular flexibility index (Phi) is 7.09. The lowest BCUT2D eigenvalue weighted by molar-refractivity contribution is 0.221. The fourth-order valence-electron chi connectivity index (χ4n) is 3.79. The van der Waals surface area contributed by atoms with E-state index >= 15 is 0 Å². The summed E-state index contributed by atoms with van der Waals surface area (Å²) in [5, 5.41) is 8.27. The molecule has 29 heavy (non-hydrogen) atoms. The number of nitrogens with one attached hydrogen (secondary N) is 2. The average Bonchev–Trinajstić information content (AvgIpc) is 2.71. The summed E-state index contributed by atoms with van der Waals surface area (Å²) in [6, 6.07) is 10.9. The van der Waals surface area contributed by atoms with Crippen LogP contribution in [0.5, 0.6) is 0 Å². The SMILES string of the molecule is C=C(C)CN1CCC(NC(=NC)NCc2cc(N(C)C)nc3ccccc23)CC1. The van der Waals surface area contributed by atoms with E-state index in [1.807, 2.05) is 32.1 Å². The number of hydrogen-bond acceptors (Lipinski definition) is 4. The summed E-state index contributed by atoms with van der Waals surface area (Å²) in [4.78, 5) is 13.7. The Bertz CT molecular complexity index is 865. The van der Waals surface area contributed by atoms with Crippen LogP contribution >= 0.6 is 0 Å². The Morgan fingerprint density at radius 2 is 2.00 bits per heavy atom. The number of hydrogen-bond donors (Lipinski definition) is 2. The van der Waals surface area contributed by atoms with Crippen molar-refractivity contribution in [3.05, 3.63) is 48.0 Å². The van der Waals surface area contributed by atoms with Crippen molar-refractivity contribution in [1.82, 2.24) is 20.5 Å². The molecule has 1 fully saturated rings. The largest absolute Gasteiger partial charge is 0.363 e. The van der Waals surface area contributed by atoms with Crippen molar-refractivity contribution in [2.24, 2.45) is 4.99 Å². The van der Waals surface area contributed by atoms with E-state index in [1.165, 1.54) is 16.5 Å². The Hall–Kier alpha value is -2.60. The Balaban J connectivity index is 1.62. The Morgan fingerprint density at radius 1 is 1.28 bits per heavy atom. The van der Waals surface area contributed by atoms with Gasteiger partial charge in [0, 0.05) is 58.8 Å². The molecule has 2 aromatic rings. The summed E-state index contributed by atoms with van der Waals surface area (Å²) >= 11 is 0. The number of para-hydroxylation sites is 1. The minimum atomic E-state index is 0.453. The first-order valence-corrected chi connectivity index (χ1v) is 10.4. The maximum atomic E-state index is 4.75. The van der Waals surface area contributed by atoms with Crippen molar-refractivity contribution in [2.45, 2.75) is 32.4 Å². The first kappa shape index (κ1) is 21.1. The quantitative estimate of drug-likeness (QED) is 0.448. The van der Waals surface area contributed by atoms with Crippen LogP contribution in [0.15, 0.2) is 47.5 Å². The van der Waals surface area contributed by atoms with E-state index in [2.05, 4.69) is 58.3 Å². The van der Waals surface area contributed by atoms with Gasteiger partial charge in [-0.1, -0.05) is 30.4 Å². The first-order valence-electron chi connectivity index (χ1n) is 10.4. The molecule has 0 radical (unpaired) electrons. The molecule has 2 heterocycles. The van der Waals surface area contributed by atoms with E-state index in [-0.39, 0.29) is 0 Å². The molecular formula is C23H34N6. The number of guanidine groups is 1. The number of piperidine rings is 1. The predicted octanol–water partition coefficient (Wildman–Crippen LogP) is 3.01. The minimum Gasteiger partial charge on any atom is -0.363 e. The molecule has 156 valence electrons. The summed E-state index contributed by atoms with van der Waals surface area (Å²) in [6.45, 7) is 10.0. The average molecular weight is 395 g/mol. The van der Waals surface area contributed by atoms with Crippen LogP contribution in [0.4, 0.5) is 5.82 Å². The third-order valence-corrected chi connectivity index (χ3v) is 5.34. The zero-order chi connectivity index (χ0) is 20.8. The molecule has 3 rings (SSSR count). The van der Waals surface area contributed by atoms with Gasteiger partial charge in [0.1, 0.15) is 5.82 Å². The summed E-state index contributed by atoms with van der Waals surface area (Å²) in [7, 11) is 5.88. The maximum absolute atomic E-state index is 4.75. The highest BCUT2D eigenvalue weighted by molar-refractivity contribution is 5.85. The second-order valence-electron chi connectivity index (χ2n) is 8.13. The summed E-state index contributed by atoms with van der Waals surface area (Å²) in [5.41, 5.74) is 3.47. The third kappa shape index (κ3) is 5.70. The van der Waals surface area contributed by atoms with Crippen molar-refractivity contribution in [2.75, 3.05) is 45.7 Å². The molecule has 6 heteroatoms. The van der Waals surface area contributed by atoms with Crippen LogP contribution in [0.25, 0.3) is 10.9 Å². The smallest absolute Gasteiger partial charge is 0.191 e. The van der Waals surface area contributed by atoms with E-state index in [0.717, 1.165) is 49.8 Å². The molecule has 0 amide bonds. The summed E-state index contributed by atoms with van der Waals surface area (Å²) in [5.74, 6) is 1.82. The fourth-order valence-corrected chi connectivity index (χ4v) is 3.79. The van der Waals surface area contributed by atoms with Gasteiger partial charge in [-0.3, -0.25) is 9.89 Å².